The van der Waals surface area contributed by atoms with Gasteiger partial charge in [0.05, 0.1) is 15.8 Å². The molecule has 0 spiro atoms. The molecule has 5 rings (SSSR count). The van der Waals surface area contributed by atoms with Gasteiger partial charge in [-0.25, -0.2) is 4.68 Å². The first-order chi connectivity index (χ1) is 15.6. The minimum absolute atomic E-state index is 0.0393. The minimum Gasteiger partial charge on any atom is -0.341 e. The fourth-order valence-electron chi connectivity index (χ4n) is 5.49. The van der Waals surface area contributed by atoms with Gasteiger partial charge in [0, 0.05) is 29.2 Å². The van der Waals surface area contributed by atoms with Gasteiger partial charge < -0.3 is 9.80 Å². The summed E-state index contributed by atoms with van der Waals surface area (Å²) in [5, 5.41) is 6.29. The van der Waals surface area contributed by atoms with E-state index in [1.54, 1.807) is 11.3 Å². The number of rotatable bonds is 4. The molecule has 7 heteroatoms. The van der Waals surface area contributed by atoms with E-state index < -0.39 is 6.04 Å². The van der Waals surface area contributed by atoms with Crippen LogP contribution in [0.2, 0.25) is 0 Å². The molecule has 0 aliphatic carbocycles. The Bertz CT molecular complexity index is 1190. The summed E-state index contributed by atoms with van der Waals surface area (Å²) in [4.78, 5) is 31.6. The first kappa shape index (κ1) is 21.6. The number of piperidine rings is 2. The van der Waals surface area contributed by atoms with Crippen LogP contribution in [-0.2, 0) is 4.79 Å². The van der Waals surface area contributed by atoms with Crippen molar-refractivity contribution in [1.29, 1.82) is 0 Å². The summed E-state index contributed by atoms with van der Waals surface area (Å²) < 4.78 is 3.48. The highest BCUT2D eigenvalue weighted by molar-refractivity contribution is 7.26. The van der Waals surface area contributed by atoms with Crippen molar-refractivity contribution in [2.45, 2.75) is 64.5 Å². The Balaban J connectivity index is 1.41. The average molecular weight is 453 g/mol. The number of hydrogen-bond acceptors (Lipinski definition) is 5. The molecule has 6 nitrogen and oxygen atoms in total. The van der Waals surface area contributed by atoms with Gasteiger partial charge in [0.15, 0.2) is 0 Å². The molecule has 1 aromatic carbocycles. The molecule has 2 aliphatic heterocycles. The lowest BCUT2D eigenvalue weighted by Gasteiger charge is -2.41. The molecule has 0 radical (unpaired) electrons. The van der Waals surface area contributed by atoms with E-state index in [1.165, 1.54) is 37.0 Å². The van der Waals surface area contributed by atoms with E-state index in [4.69, 9.17) is 0 Å². The molecule has 0 N–H and O–H groups in total. The van der Waals surface area contributed by atoms with Gasteiger partial charge in [-0.1, -0.05) is 31.5 Å². The van der Waals surface area contributed by atoms with Crippen LogP contribution in [0.4, 0.5) is 0 Å². The first-order valence-corrected chi connectivity index (χ1v) is 12.8. The normalized spacial score (nSPS) is 19.6. The van der Waals surface area contributed by atoms with Crippen molar-refractivity contribution in [3.63, 3.8) is 0 Å². The molecule has 170 valence electrons. The molecule has 1 atom stereocenters. The predicted molar refractivity (Wildman–Crippen MR) is 130 cm³/mol. The van der Waals surface area contributed by atoms with Crippen molar-refractivity contribution < 1.29 is 4.79 Å². The maximum absolute atomic E-state index is 13.5. The van der Waals surface area contributed by atoms with Crippen LogP contribution in [0, 0.1) is 6.92 Å². The third-order valence-electron chi connectivity index (χ3n) is 7.25. The zero-order valence-electron chi connectivity index (χ0n) is 19.0. The smallest absolute Gasteiger partial charge is 0.276 e. The topological polar surface area (TPSA) is 58.4 Å². The Kier molecular flexibility index (Phi) is 6.03. The van der Waals surface area contributed by atoms with Gasteiger partial charge in [0.25, 0.3) is 5.56 Å². The van der Waals surface area contributed by atoms with Gasteiger partial charge in [-0.15, -0.1) is 11.3 Å². The fourth-order valence-corrected chi connectivity index (χ4v) is 6.62. The Morgan fingerprint density at radius 1 is 1.12 bits per heavy atom. The van der Waals surface area contributed by atoms with E-state index in [9.17, 15) is 9.59 Å². The van der Waals surface area contributed by atoms with Crippen LogP contribution in [-0.4, -0.2) is 57.7 Å². The molecule has 0 saturated carbocycles. The highest BCUT2D eigenvalue weighted by atomic mass is 32.1. The number of thiophene rings is 1. The molecule has 3 aromatic rings. The molecule has 0 bridgehead atoms. The van der Waals surface area contributed by atoms with E-state index in [-0.39, 0.29) is 11.5 Å². The SMILES string of the molecule is CC[C@@H](C(=O)N1CCC(N2CCCCC2)CC1)n1nc(C)c2sc3ccccc3c2c1=O. The second-order valence-corrected chi connectivity index (χ2v) is 10.3. The Labute approximate surface area is 192 Å². The maximum atomic E-state index is 13.5. The molecule has 2 aromatic heterocycles. The number of carbonyl (C=O) groups is 1. The van der Waals surface area contributed by atoms with Crippen molar-refractivity contribution in [3.05, 3.63) is 40.3 Å². The number of carbonyl (C=O) groups excluding carboxylic acids is 1. The van der Waals surface area contributed by atoms with Crippen molar-refractivity contribution in [2.75, 3.05) is 26.2 Å². The van der Waals surface area contributed by atoms with Crippen molar-refractivity contribution in [2.24, 2.45) is 0 Å². The zero-order chi connectivity index (χ0) is 22.2. The van der Waals surface area contributed by atoms with Crippen LogP contribution in [0.5, 0.6) is 0 Å². The van der Waals surface area contributed by atoms with Crippen molar-refractivity contribution >= 4 is 37.4 Å². The Hall–Kier alpha value is -2.25. The number of likely N-dealkylation sites (tertiary alicyclic amines) is 2. The number of benzene rings is 1. The standard InChI is InChI=1S/C25H32N4O2S/c1-3-20(24(30)28-15-11-18(12-16-28)27-13-7-4-8-14-27)29-25(31)22-19-9-5-6-10-21(19)32-23(22)17(2)26-29/h5-6,9-10,18,20H,3-4,7-8,11-16H2,1-2H3/t20-/m0/s1. The van der Waals surface area contributed by atoms with Crippen LogP contribution in [0.15, 0.2) is 29.1 Å². The van der Waals surface area contributed by atoms with E-state index in [0.717, 1.165) is 46.4 Å². The molecule has 4 heterocycles. The van der Waals surface area contributed by atoms with Gasteiger partial charge in [0.1, 0.15) is 6.04 Å². The molecule has 2 aliphatic rings. The summed E-state index contributed by atoms with van der Waals surface area (Å²) in [6.45, 7) is 7.85. The number of amides is 1. The minimum atomic E-state index is -0.546. The summed E-state index contributed by atoms with van der Waals surface area (Å²) in [7, 11) is 0. The highest BCUT2D eigenvalue weighted by Crippen LogP contribution is 2.33. The maximum Gasteiger partial charge on any atom is 0.276 e. The molecular weight excluding hydrogens is 420 g/mol. The lowest BCUT2D eigenvalue weighted by Crippen LogP contribution is -2.50. The summed E-state index contributed by atoms with van der Waals surface area (Å²) >= 11 is 1.60. The van der Waals surface area contributed by atoms with Gasteiger partial charge in [-0.05, 0) is 58.2 Å². The van der Waals surface area contributed by atoms with Crippen LogP contribution >= 0.6 is 11.3 Å². The number of nitrogens with zero attached hydrogens (tertiary/aromatic N) is 4. The first-order valence-electron chi connectivity index (χ1n) is 12.0. The number of hydrogen-bond donors (Lipinski definition) is 0. The summed E-state index contributed by atoms with van der Waals surface area (Å²) in [6, 6.07) is 8.03. The zero-order valence-corrected chi connectivity index (χ0v) is 19.9. The van der Waals surface area contributed by atoms with Gasteiger partial charge >= 0.3 is 0 Å². The van der Waals surface area contributed by atoms with Gasteiger partial charge in [-0.3, -0.25) is 9.59 Å². The second kappa shape index (κ2) is 8.94. The highest BCUT2D eigenvalue weighted by Gasteiger charge is 2.32. The van der Waals surface area contributed by atoms with E-state index in [2.05, 4.69) is 10.00 Å². The molecule has 2 fully saturated rings. The molecule has 32 heavy (non-hydrogen) atoms. The van der Waals surface area contributed by atoms with Crippen LogP contribution in [0.3, 0.4) is 0 Å². The quantitative estimate of drug-likeness (QED) is 0.591. The molecule has 1 amide bonds. The monoisotopic (exact) mass is 452 g/mol. The predicted octanol–water partition coefficient (Wildman–Crippen LogP) is 4.35. The molecular formula is C25H32N4O2S. The fraction of sp³-hybridized carbons (Fsp3) is 0.560. The molecule has 2 saturated heterocycles. The van der Waals surface area contributed by atoms with Crippen LogP contribution in [0.1, 0.15) is 57.2 Å². The van der Waals surface area contributed by atoms with Crippen LogP contribution in [0.25, 0.3) is 20.2 Å². The molecule has 0 unspecified atom stereocenters. The second-order valence-electron chi connectivity index (χ2n) is 9.21. The van der Waals surface area contributed by atoms with Crippen molar-refractivity contribution in [3.8, 4) is 0 Å². The third kappa shape index (κ3) is 3.75. The van der Waals surface area contributed by atoms with E-state index in [1.807, 2.05) is 43.0 Å². The lowest BCUT2D eigenvalue weighted by atomic mass is 9.99. The number of fused-ring (bicyclic) bond motifs is 3. The van der Waals surface area contributed by atoms with Gasteiger partial charge in [-0.2, -0.15) is 5.10 Å². The number of aromatic nitrogens is 2. The largest absolute Gasteiger partial charge is 0.341 e. The third-order valence-corrected chi connectivity index (χ3v) is 8.53. The Morgan fingerprint density at radius 2 is 1.84 bits per heavy atom. The number of aryl methyl sites for hydroxylation is 1. The summed E-state index contributed by atoms with van der Waals surface area (Å²) in [5.74, 6) is 0.0393. The average Bonchev–Trinajstić information content (AvgIpc) is 3.24. The summed E-state index contributed by atoms with van der Waals surface area (Å²) in [6.07, 6.45) is 6.55. The lowest BCUT2D eigenvalue weighted by molar-refractivity contribution is -0.137. The van der Waals surface area contributed by atoms with E-state index in [0.29, 0.717) is 17.8 Å². The van der Waals surface area contributed by atoms with Gasteiger partial charge in [0.2, 0.25) is 5.91 Å². The van der Waals surface area contributed by atoms with Crippen molar-refractivity contribution in [1.82, 2.24) is 19.6 Å². The summed E-state index contributed by atoms with van der Waals surface area (Å²) in [5.41, 5.74) is 0.669. The van der Waals surface area contributed by atoms with Crippen LogP contribution < -0.4 is 5.56 Å². The Morgan fingerprint density at radius 3 is 2.56 bits per heavy atom. The van der Waals surface area contributed by atoms with E-state index >= 15 is 0 Å².